The number of methoxy groups -OCH3 is 1. The number of terminal acetylenes is 1. The van der Waals surface area contributed by atoms with Crippen LogP contribution >= 0.6 is 0 Å². The maximum absolute atomic E-state index is 14.7. The Kier molecular flexibility index (Phi) is 26.6. The molecule has 2 aromatic carbocycles. The fourth-order valence-electron chi connectivity index (χ4n) is 9.64. The monoisotopic (exact) mass is 1020 g/mol. The highest BCUT2D eigenvalue weighted by Gasteiger charge is 2.40. The Balaban J connectivity index is 0.00000293. The molecule has 0 saturated carbocycles. The summed E-state index contributed by atoms with van der Waals surface area (Å²) in [6.07, 6.45) is 17.7. The molecule has 0 radical (unpaired) electrons. The van der Waals surface area contributed by atoms with Gasteiger partial charge in [0.1, 0.15) is 28.6 Å². The van der Waals surface area contributed by atoms with Gasteiger partial charge in [0.15, 0.2) is 17.2 Å². The molecule has 2 aromatic rings. The lowest BCUT2D eigenvalue weighted by atomic mass is 9.80. The largest absolute Gasteiger partial charge is 0.507 e. The number of aliphatic hydroxyl groups is 2. The van der Waals surface area contributed by atoms with E-state index in [1.165, 1.54) is 7.11 Å². The average molecular weight is 1020 g/mol. The van der Waals surface area contributed by atoms with Gasteiger partial charge in [-0.25, -0.2) is 0 Å². The third kappa shape index (κ3) is 17.0. The van der Waals surface area contributed by atoms with Gasteiger partial charge >= 0.3 is 11.9 Å². The first-order valence-corrected chi connectivity index (χ1v) is 25.8. The van der Waals surface area contributed by atoms with E-state index in [4.69, 9.17) is 29.3 Å². The minimum atomic E-state index is -0.925. The molecule has 1 fully saturated rings. The molecule has 406 valence electrons. The van der Waals surface area contributed by atoms with Gasteiger partial charge in [-0.15, -0.1) is 12.8 Å². The summed E-state index contributed by atoms with van der Waals surface area (Å²) in [6.45, 7) is 22.7. The highest BCUT2D eigenvalue weighted by Crippen LogP contribution is 2.45. The van der Waals surface area contributed by atoms with Gasteiger partial charge in [-0.3, -0.25) is 29.2 Å². The summed E-state index contributed by atoms with van der Waals surface area (Å²) < 4.78 is 17.3. The molecular formula is C57H87N5O11. The molecule has 6 atom stereocenters. The number of nitrogens with zero attached hydrogens (tertiary/aromatic N) is 4. The number of hydrogen-bond donors (Lipinski definition) is 5. The summed E-state index contributed by atoms with van der Waals surface area (Å²) in [6, 6.07) is 0. The zero-order chi connectivity index (χ0) is 55.3. The number of esters is 2. The SMILES string of the molecule is C#C.CC.CO.COc1c(C)c(O)c2c(O)c3c4c(c2c1C(=O)C/C=C/C[C@@H](C)[C@@H](OC(=O)CCC(=O)OCCCN(C)C)[C@H](C)[C@H](O)[C@H](C)C[C@@H](C)/C=C/C=C(/C)C(=O)N3)=NC1(CCN(CC(C)C)CC1)N=4. The predicted octanol–water partition coefficient (Wildman–Crippen LogP) is 7.61. The van der Waals surface area contributed by atoms with Crippen LogP contribution in [0.15, 0.2) is 45.9 Å². The van der Waals surface area contributed by atoms with Gasteiger partial charge in [0.25, 0.3) is 5.91 Å². The van der Waals surface area contributed by atoms with E-state index in [0.29, 0.717) is 43.6 Å². The van der Waals surface area contributed by atoms with E-state index in [2.05, 4.69) is 36.9 Å². The molecule has 1 saturated heterocycles. The number of hydrogen-bond acceptors (Lipinski definition) is 15. The molecule has 5 N–H and O–H groups in total. The number of allylic oxidation sites excluding steroid dienone is 5. The van der Waals surface area contributed by atoms with E-state index in [1.54, 1.807) is 32.1 Å². The van der Waals surface area contributed by atoms with Crippen molar-refractivity contribution in [1.29, 1.82) is 0 Å². The molecule has 0 aliphatic carbocycles. The quantitative estimate of drug-likeness (QED) is 0.0482. The zero-order valence-electron chi connectivity index (χ0n) is 46.2. The number of aromatic hydroxyl groups is 2. The van der Waals surface area contributed by atoms with Crippen LogP contribution in [0.5, 0.6) is 17.2 Å². The lowest BCUT2D eigenvalue weighted by Crippen LogP contribution is -2.43. The Morgan fingerprint density at radius 3 is 2.15 bits per heavy atom. The first-order valence-electron chi connectivity index (χ1n) is 25.8. The molecule has 73 heavy (non-hydrogen) atoms. The smallest absolute Gasteiger partial charge is 0.306 e. The van der Waals surface area contributed by atoms with Crippen LogP contribution in [-0.4, -0.2) is 133 Å². The van der Waals surface area contributed by atoms with Gasteiger partial charge in [-0.1, -0.05) is 85.8 Å². The number of carbonyl (C=O) groups excluding carboxylic acids is 4. The highest BCUT2D eigenvalue weighted by molar-refractivity contribution is 6.16. The first kappa shape index (κ1) is 63.5. The lowest BCUT2D eigenvalue weighted by molar-refractivity contribution is -0.161. The van der Waals surface area contributed by atoms with Crippen molar-refractivity contribution in [2.24, 2.45) is 39.6 Å². The summed E-state index contributed by atoms with van der Waals surface area (Å²) in [5, 5.41) is 46.3. The standard InChI is InChI=1S/C52H75N5O10.C2H6.C2H2.CH4O/c1-30(2)29-57-25-22-52(23-26-57)54-43-41-40-37(58)19-13-12-17-32(4)49(67-39(60)21-20-38(59)66-27-15-24-56(9)10)35(7)46(61)34(6)28-31(3)16-14-18-33(5)51(64)53-45(44(43)55-52)48(63)42(41)47(62)36(8)50(40)65-11;3*1-2/h12-14,16,18,30-32,34-35,46,49,61-63H,15,17,19-29H2,1-11H3,(H,53,64);1-2H3;1-2H;2H,1H3/b13-12+,16-14+,33-18-;;;/t31-,32+,34+,35+,46+,49+;;;/m0.../s1. The summed E-state index contributed by atoms with van der Waals surface area (Å²) in [4.78, 5) is 69.2. The first-order chi connectivity index (χ1) is 34.7. The number of rotatable bonds is 11. The second-order valence-electron chi connectivity index (χ2n) is 19.8. The molecule has 16 nitrogen and oxygen atoms in total. The number of ether oxygens (including phenoxy) is 3. The van der Waals surface area contributed by atoms with E-state index in [1.807, 2.05) is 72.7 Å². The van der Waals surface area contributed by atoms with Gasteiger partial charge in [0, 0.05) is 75.0 Å². The number of piperidine rings is 1. The second-order valence-corrected chi connectivity index (χ2v) is 19.8. The molecule has 2 bridgehead atoms. The Morgan fingerprint density at radius 1 is 0.932 bits per heavy atom. The number of aliphatic hydroxyl groups excluding tert-OH is 2. The van der Waals surface area contributed by atoms with Crippen molar-refractivity contribution in [2.75, 3.05) is 66.4 Å². The van der Waals surface area contributed by atoms with Crippen LogP contribution in [0.25, 0.3) is 10.8 Å². The number of benzene rings is 2. The highest BCUT2D eigenvalue weighted by atomic mass is 16.5. The number of Topliss-reactive ketones (excluding diaryl/α,β-unsaturated/α-hetero) is 1. The van der Waals surface area contributed by atoms with Crippen molar-refractivity contribution in [2.45, 2.75) is 138 Å². The molecule has 16 heteroatoms. The van der Waals surface area contributed by atoms with Gasteiger partial charge < -0.3 is 49.8 Å². The maximum atomic E-state index is 14.7. The molecule has 1 spiro atoms. The van der Waals surface area contributed by atoms with Crippen molar-refractivity contribution < 1.29 is 53.8 Å². The van der Waals surface area contributed by atoms with Crippen molar-refractivity contribution in [3.8, 4) is 30.1 Å². The van der Waals surface area contributed by atoms with E-state index in [0.717, 1.165) is 33.3 Å². The fourth-order valence-corrected chi connectivity index (χ4v) is 9.64. The van der Waals surface area contributed by atoms with Gasteiger partial charge in [-0.2, -0.15) is 0 Å². The van der Waals surface area contributed by atoms with Crippen LogP contribution in [0.4, 0.5) is 5.69 Å². The maximum Gasteiger partial charge on any atom is 0.306 e. The minimum absolute atomic E-state index is 0.00361. The summed E-state index contributed by atoms with van der Waals surface area (Å²) >= 11 is 0. The molecule has 0 unspecified atom stereocenters. The summed E-state index contributed by atoms with van der Waals surface area (Å²) in [5.74, 6) is -3.13. The number of phenolic OH excluding ortho intramolecular Hbond substituents is 2. The van der Waals surface area contributed by atoms with E-state index in [-0.39, 0.29) is 99.2 Å². The number of carbonyl (C=O) groups is 4. The van der Waals surface area contributed by atoms with Gasteiger partial charge in [0.05, 0.1) is 49.0 Å². The van der Waals surface area contributed by atoms with Crippen LogP contribution in [0.2, 0.25) is 0 Å². The summed E-state index contributed by atoms with van der Waals surface area (Å²) in [7, 11) is 6.29. The molecule has 1 amide bonds. The number of anilines is 1. The minimum Gasteiger partial charge on any atom is -0.507 e. The zero-order valence-corrected chi connectivity index (χ0v) is 46.2. The van der Waals surface area contributed by atoms with Crippen LogP contribution in [0.1, 0.15) is 130 Å². The molecule has 3 heterocycles. The number of phenols is 2. The molecule has 0 aromatic heterocycles. The van der Waals surface area contributed by atoms with Crippen molar-refractivity contribution in [3.05, 3.63) is 57.8 Å². The third-order valence-electron chi connectivity index (χ3n) is 13.4. The average Bonchev–Trinajstić information content (AvgIpc) is 3.74. The number of nitrogens with one attached hydrogen (secondary N) is 1. The summed E-state index contributed by atoms with van der Waals surface area (Å²) in [5.41, 5.74) is -0.259. The van der Waals surface area contributed by atoms with Crippen LogP contribution in [0, 0.1) is 49.4 Å². The number of ketones is 1. The fraction of sp³-hybridized carbons (Fsp3) is 0.614. The van der Waals surface area contributed by atoms with E-state index >= 15 is 0 Å². The lowest BCUT2D eigenvalue weighted by Gasteiger charge is -2.36. The van der Waals surface area contributed by atoms with Gasteiger partial charge in [0.2, 0.25) is 0 Å². The van der Waals surface area contributed by atoms with Crippen LogP contribution in [-0.2, 0) is 23.9 Å². The van der Waals surface area contributed by atoms with Crippen LogP contribution < -0.4 is 20.8 Å². The normalized spacial score (nSPS) is 23.9. The van der Waals surface area contributed by atoms with E-state index < -0.39 is 47.4 Å². The van der Waals surface area contributed by atoms with Crippen molar-refractivity contribution in [1.82, 2.24) is 9.80 Å². The topological polar surface area (TPSA) is 220 Å². The molecule has 3 aliphatic rings. The molecule has 3 aliphatic heterocycles. The Bertz CT molecular complexity index is 2420. The Hall–Kier alpha value is -5.60. The second kappa shape index (κ2) is 30.6. The predicted molar refractivity (Wildman–Crippen MR) is 288 cm³/mol. The molecule has 5 rings (SSSR count). The van der Waals surface area contributed by atoms with E-state index in [9.17, 15) is 34.5 Å². The van der Waals surface area contributed by atoms with Crippen molar-refractivity contribution >= 4 is 40.1 Å². The van der Waals surface area contributed by atoms with Crippen LogP contribution in [0.3, 0.4) is 0 Å². The Morgan fingerprint density at radius 2 is 1.55 bits per heavy atom. The van der Waals surface area contributed by atoms with Gasteiger partial charge in [-0.05, 0) is 70.9 Å². The molecular weight excluding hydrogens is 931 g/mol. The number of amides is 1. The Labute approximate surface area is 434 Å². The third-order valence-corrected chi connectivity index (χ3v) is 13.4. The van der Waals surface area contributed by atoms with Crippen molar-refractivity contribution in [3.63, 3.8) is 0 Å². The number of likely N-dealkylation sites (tertiary alicyclic amines) is 1.